The van der Waals surface area contributed by atoms with Crippen LogP contribution in [0.2, 0.25) is 0 Å². The van der Waals surface area contributed by atoms with Crippen molar-refractivity contribution in [2.24, 2.45) is 0 Å². The average molecular weight is 253 g/mol. The van der Waals surface area contributed by atoms with E-state index in [0.29, 0.717) is 16.8 Å². The minimum absolute atomic E-state index is 0.0251. The van der Waals surface area contributed by atoms with Gasteiger partial charge in [-0.25, -0.2) is 4.90 Å². The number of phenols is 1. The molecule has 0 bridgehead atoms. The summed E-state index contributed by atoms with van der Waals surface area (Å²) in [7, 11) is 0. The maximum absolute atomic E-state index is 12.3. The third kappa shape index (κ3) is 1.61. The van der Waals surface area contributed by atoms with E-state index in [-0.39, 0.29) is 17.6 Å². The molecule has 2 amide bonds. The van der Waals surface area contributed by atoms with Crippen LogP contribution in [0.25, 0.3) is 0 Å². The largest absolute Gasteiger partial charge is 0.508 e. The molecule has 0 aromatic heterocycles. The van der Waals surface area contributed by atoms with Gasteiger partial charge in [0, 0.05) is 6.07 Å². The molecule has 4 heteroatoms. The Morgan fingerprint density at radius 2 is 1.53 bits per heavy atom. The first-order chi connectivity index (χ1) is 9.09. The van der Waals surface area contributed by atoms with Gasteiger partial charge in [-0.05, 0) is 30.7 Å². The molecule has 0 atom stereocenters. The standard InChI is InChI=1S/C15H11NO3/c1-9-6-7-10(17)8-13(9)16-14(18)11-4-2-3-5-12(11)15(16)19/h2-8,17H,1H3. The van der Waals surface area contributed by atoms with Crippen LogP contribution in [0.5, 0.6) is 5.75 Å². The Labute approximate surface area is 109 Å². The van der Waals surface area contributed by atoms with Crippen molar-refractivity contribution in [1.82, 2.24) is 0 Å². The molecule has 2 aromatic carbocycles. The topological polar surface area (TPSA) is 57.6 Å². The predicted molar refractivity (Wildman–Crippen MR) is 70.4 cm³/mol. The fourth-order valence-corrected chi connectivity index (χ4v) is 2.25. The molecule has 0 radical (unpaired) electrons. The number of phenolic OH excluding ortho intramolecular Hbond substituents is 1. The van der Waals surface area contributed by atoms with Crippen LogP contribution in [-0.4, -0.2) is 16.9 Å². The lowest BCUT2D eigenvalue weighted by molar-refractivity contribution is 0.0926. The number of anilines is 1. The van der Waals surface area contributed by atoms with Gasteiger partial charge in [-0.3, -0.25) is 9.59 Å². The Morgan fingerprint density at radius 3 is 2.11 bits per heavy atom. The van der Waals surface area contributed by atoms with Crippen molar-refractivity contribution in [3.05, 3.63) is 59.2 Å². The number of fused-ring (bicyclic) bond motifs is 1. The Morgan fingerprint density at radius 1 is 0.947 bits per heavy atom. The van der Waals surface area contributed by atoms with Gasteiger partial charge in [0.1, 0.15) is 5.75 Å². The van der Waals surface area contributed by atoms with Gasteiger partial charge in [0.25, 0.3) is 11.8 Å². The van der Waals surface area contributed by atoms with E-state index in [9.17, 15) is 14.7 Å². The van der Waals surface area contributed by atoms with E-state index in [2.05, 4.69) is 0 Å². The molecule has 0 unspecified atom stereocenters. The molecule has 0 spiro atoms. The first-order valence-electron chi connectivity index (χ1n) is 5.87. The minimum atomic E-state index is -0.352. The van der Waals surface area contributed by atoms with Crippen LogP contribution in [0, 0.1) is 6.92 Å². The Kier molecular flexibility index (Phi) is 2.38. The number of imide groups is 1. The molecule has 0 saturated heterocycles. The number of hydrogen-bond donors (Lipinski definition) is 1. The molecule has 0 fully saturated rings. The second-order valence-corrected chi connectivity index (χ2v) is 4.46. The first kappa shape index (κ1) is 11.5. The van der Waals surface area contributed by atoms with E-state index < -0.39 is 0 Å². The van der Waals surface area contributed by atoms with Gasteiger partial charge in [0.05, 0.1) is 16.8 Å². The molecule has 19 heavy (non-hydrogen) atoms. The van der Waals surface area contributed by atoms with Gasteiger partial charge in [-0.15, -0.1) is 0 Å². The van der Waals surface area contributed by atoms with Gasteiger partial charge < -0.3 is 5.11 Å². The van der Waals surface area contributed by atoms with E-state index in [1.165, 1.54) is 12.1 Å². The van der Waals surface area contributed by atoms with E-state index in [0.717, 1.165) is 10.5 Å². The SMILES string of the molecule is Cc1ccc(O)cc1N1C(=O)c2ccccc2C1=O. The van der Waals surface area contributed by atoms with Crippen LogP contribution < -0.4 is 4.90 Å². The molecule has 0 aliphatic carbocycles. The smallest absolute Gasteiger partial charge is 0.266 e. The van der Waals surface area contributed by atoms with Crippen LogP contribution >= 0.6 is 0 Å². The van der Waals surface area contributed by atoms with Crippen LogP contribution in [0.15, 0.2) is 42.5 Å². The highest BCUT2D eigenvalue weighted by Crippen LogP contribution is 2.32. The van der Waals surface area contributed by atoms with E-state index >= 15 is 0 Å². The van der Waals surface area contributed by atoms with Crippen molar-refractivity contribution < 1.29 is 14.7 Å². The summed E-state index contributed by atoms with van der Waals surface area (Å²) in [4.78, 5) is 25.7. The van der Waals surface area contributed by atoms with Crippen molar-refractivity contribution in [3.8, 4) is 5.75 Å². The van der Waals surface area contributed by atoms with Crippen LogP contribution in [0.3, 0.4) is 0 Å². The average Bonchev–Trinajstić information content (AvgIpc) is 2.66. The highest BCUT2D eigenvalue weighted by Gasteiger charge is 2.36. The van der Waals surface area contributed by atoms with Crippen molar-refractivity contribution >= 4 is 17.5 Å². The number of amides is 2. The number of nitrogens with zero attached hydrogens (tertiary/aromatic N) is 1. The van der Waals surface area contributed by atoms with Crippen LogP contribution in [-0.2, 0) is 0 Å². The fraction of sp³-hybridized carbons (Fsp3) is 0.0667. The molecule has 4 nitrogen and oxygen atoms in total. The molecule has 1 N–H and O–H groups in total. The van der Waals surface area contributed by atoms with Gasteiger partial charge in [-0.2, -0.15) is 0 Å². The third-order valence-corrected chi connectivity index (χ3v) is 3.23. The lowest BCUT2D eigenvalue weighted by Crippen LogP contribution is -2.29. The van der Waals surface area contributed by atoms with Crippen molar-refractivity contribution in [2.75, 3.05) is 4.90 Å². The summed E-state index contributed by atoms with van der Waals surface area (Å²) in [6, 6.07) is 11.3. The normalized spacial score (nSPS) is 13.8. The third-order valence-electron chi connectivity index (χ3n) is 3.23. The van der Waals surface area contributed by atoms with Gasteiger partial charge in [0.2, 0.25) is 0 Å². The summed E-state index contributed by atoms with van der Waals surface area (Å²) < 4.78 is 0. The van der Waals surface area contributed by atoms with Gasteiger partial charge in [-0.1, -0.05) is 18.2 Å². The summed E-state index contributed by atoms with van der Waals surface area (Å²) in [6.45, 7) is 1.79. The van der Waals surface area contributed by atoms with E-state index in [1.807, 2.05) is 0 Å². The highest BCUT2D eigenvalue weighted by molar-refractivity contribution is 6.34. The number of aromatic hydroxyl groups is 1. The number of rotatable bonds is 1. The summed E-state index contributed by atoms with van der Waals surface area (Å²) in [5.74, 6) is -0.680. The van der Waals surface area contributed by atoms with Crippen LogP contribution in [0.1, 0.15) is 26.3 Å². The van der Waals surface area contributed by atoms with Crippen molar-refractivity contribution in [1.29, 1.82) is 0 Å². The monoisotopic (exact) mass is 253 g/mol. The molecule has 1 aliphatic heterocycles. The fourth-order valence-electron chi connectivity index (χ4n) is 2.25. The lowest BCUT2D eigenvalue weighted by Gasteiger charge is -2.16. The number of carbonyl (C=O) groups is 2. The maximum atomic E-state index is 12.3. The number of benzene rings is 2. The number of hydrogen-bond acceptors (Lipinski definition) is 3. The Balaban J connectivity index is 2.17. The molecular formula is C15H11NO3. The highest BCUT2D eigenvalue weighted by atomic mass is 16.3. The van der Waals surface area contributed by atoms with E-state index in [4.69, 9.17) is 0 Å². The Bertz CT molecular complexity index is 671. The van der Waals surface area contributed by atoms with Gasteiger partial charge in [0.15, 0.2) is 0 Å². The molecular weight excluding hydrogens is 242 g/mol. The molecule has 2 aromatic rings. The Hall–Kier alpha value is -2.62. The molecule has 94 valence electrons. The summed E-state index contributed by atoms with van der Waals surface area (Å²) in [5.41, 5.74) is 1.98. The minimum Gasteiger partial charge on any atom is -0.508 e. The molecule has 1 heterocycles. The second-order valence-electron chi connectivity index (χ2n) is 4.46. The first-order valence-corrected chi connectivity index (χ1v) is 5.87. The predicted octanol–water partition coefficient (Wildman–Crippen LogP) is 2.50. The summed E-state index contributed by atoms with van der Waals surface area (Å²) >= 11 is 0. The summed E-state index contributed by atoms with van der Waals surface area (Å²) in [6.07, 6.45) is 0. The van der Waals surface area contributed by atoms with E-state index in [1.54, 1.807) is 37.3 Å². The zero-order chi connectivity index (χ0) is 13.6. The van der Waals surface area contributed by atoms with Gasteiger partial charge >= 0.3 is 0 Å². The number of aryl methyl sites for hydroxylation is 1. The van der Waals surface area contributed by atoms with Crippen LogP contribution in [0.4, 0.5) is 5.69 Å². The molecule has 1 aliphatic rings. The summed E-state index contributed by atoms with van der Waals surface area (Å²) in [5, 5.41) is 9.54. The zero-order valence-electron chi connectivity index (χ0n) is 10.3. The number of carbonyl (C=O) groups excluding carboxylic acids is 2. The maximum Gasteiger partial charge on any atom is 0.266 e. The van der Waals surface area contributed by atoms with Crippen molar-refractivity contribution in [3.63, 3.8) is 0 Å². The molecule has 0 saturated carbocycles. The lowest BCUT2D eigenvalue weighted by atomic mass is 10.1. The quantitative estimate of drug-likeness (QED) is 0.794. The zero-order valence-corrected chi connectivity index (χ0v) is 10.3. The van der Waals surface area contributed by atoms with Crippen molar-refractivity contribution in [2.45, 2.75) is 6.92 Å². The second kappa shape index (κ2) is 3.95. The molecule has 3 rings (SSSR count).